The molecule has 5 heteroatoms. The number of nitrogens with zero attached hydrogens (tertiary/aromatic N) is 2. The van der Waals surface area contributed by atoms with Crippen molar-refractivity contribution in [1.82, 2.24) is 9.55 Å². The van der Waals surface area contributed by atoms with E-state index in [-0.39, 0.29) is 6.04 Å². The molecule has 21 heavy (non-hydrogen) atoms. The molecule has 0 amide bonds. The molecule has 0 aliphatic heterocycles. The van der Waals surface area contributed by atoms with Gasteiger partial charge in [0.25, 0.3) is 0 Å². The Morgan fingerprint density at radius 2 is 2.24 bits per heavy atom. The largest absolute Gasteiger partial charge is 0.327 e. The van der Waals surface area contributed by atoms with Crippen LogP contribution in [0.4, 0.5) is 0 Å². The van der Waals surface area contributed by atoms with Gasteiger partial charge in [0.2, 0.25) is 0 Å². The van der Waals surface area contributed by atoms with E-state index in [4.69, 9.17) is 5.73 Å². The van der Waals surface area contributed by atoms with Crippen LogP contribution in [0.15, 0.2) is 40.4 Å². The lowest BCUT2D eigenvalue weighted by Gasteiger charge is -2.06. The molecule has 1 atom stereocenters. The number of thiophene rings is 1. The highest BCUT2D eigenvalue weighted by molar-refractivity contribution is 9.11. The number of aromatic nitrogens is 2. The Hall–Kier alpha value is -1.17. The van der Waals surface area contributed by atoms with Crippen molar-refractivity contribution < 1.29 is 0 Å². The zero-order chi connectivity index (χ0) is 14.8. The Morgan fingerprint density at radius 1 is 1.38 bits per heavy atom. The fraction of sp³-hybridized carbons (Fsp3) is 0.312. The lowest BCUT2D eigenvalue weighted by Crippen LogP contribution is -2.21. The molecule has 0 radical (unpaired) electrons. The maximum absolute atomic E-state index is 6.13. The van der Waals surface area contributed by atoms with Crippen LogP contribution >= 0.6 is 27.3 Å². The number of pyridine rings is 1. The number of nitrogens with two attached hydrogens (primary N) is 1. The van der Waals surface area contributed by atoms with Crippen molar-refractivity contribution in [2.24, 2.45) is 5.73 Å². The van der Waals surface area contributed by atoms with E-state index in [0.717, 1.165) is 28.8 Å². The molecule has 3 aromatic heterocycles. The molecule has 3 heterocycles. The Bertz CT molecular complexity index is 747. The maximum Gasteiger partial charge on any atom is 0.140 e. The normalized spacial score (nSPS) is 12.9. The van der Waals surface area contributed by atoms with Crippen LogP contribution < -0.4 is 5.73 Å². The summed E-state index contributed by atoms with van der Waals surface area (Å²) < 4.78 is 3.39. The van der Waals surface area contributed by atoms with Crippen molar-refractivity contribution in [2.45, 2.75) is 32.4 Å². The van der Waals surface area contributed by atoms with Gasteiger partial charge in [-0.05, 0) is 58.6 Å². The van der Waals surface area contributed by atoms with Gasteiger partial charge < -0.3 is 10.3 Å². The molecule has 0 spiro atoms. The van der Waals surface area contributed by atoms with Gasteiger partial charge in [0.15, 0.2) is 0 Å². The summed E-state index contributed by atoms with van der Waals surface area (Å²) in [5.41, 5.74) is 8.46. The highest BCUT2D eigenvalue weighted by Gasteiger charge is 2.12. The van der Waals surface area contributed by atoms with Crippen molar-refractivity contribution in [3.05, 3.63) is 50.9 Å². The molecule has 0 fully saturated rings. The molecular weight excluding hydrogens is 346 g/mol. The molecule has 2 N–H and O–H groups in total. The molecule has 0 saturated heterocycles. The van der Waals surface area contributed by atoms with Crippen LogP contribution in [0.25, 0.3) is 11.0 Å². The summed E-state index contributed by atoms with van der Waals surface area (Å²) >= 11 is 5.28. The standard InChI is InChI=1S/C16H18BrN3S/c1-2-12(18)8-11-9-20(10-13-5-6-15(17)21-13)16-14(11)4-3-7-19-16/h3-7,9,12H,2,8,10,18H2,1H3. The molecule has 0 bridgehead atoms. The van der Waals surface area contributed by atoms with Gasteiger partial charge in [-0.15, -0.1) is 11.3 Å². The van der Waals surface area contributed by atoms with E-state index in [2.05, 4.69) is 56.8 Å². The quantitative estimate of drug-likeness (QED) is 0.738. The van der Waals surface area contributed by atoms with Gasteiger partial charge in [-0.25, -0.2) is 4.98 Å². The van der Waals surface area contributed by atoms with E-state index in [1.54, 1.807) is 11.3 Å². The molecule has 0 aliphatic carbocycles. The van der Waals surface area contributed by atoms with Gasteiger partial charge in [-0.2, -0.15) is 0 Å². The topological polar surface area (TPSA) is 43.8 Å². The molecule has 0 aliphatic rings. The van der Waals surface area contributed by atoms with Crippen molar-refractivity contribution in [3.8, 4) is 0 Å². The van der Waals surface area contributed by atoms with E-state index < -0.39 is 0 Å². The van der Waals surface area contributed by atoms with Crippen LogP contribution in [-0.4, -0.2) is 15.6 Å². The minimum Gasteiger partial charge on any atom is -0.327 e. The van der Waals surface area contributed by atoms with Gasteiger partial charge in [0.1, 0.15) is 5.65 Å². The van der Waals surface area contributed by atoms with Gasteiger partial charge in [0.05, 0.1) is 10.3 Å². The van der Waals surface area contributed by atoms with Crippen LogP contribution in [0.3, 0.4) is 0 Å². The fourth-order valence-corrected chi connectivity index (χ4v) is 3.99. The van der Waals surface area contributed by atoms with Crippen LogP contribution in [0.5, 0.6) is 0 Å². The van der Waals surface area contributed by atoms with Gasteiger partial charge in [0, 0.05) is 28.7 Å². The fourth-order valence-electron chi connectivity index (χ4n) is 2.51. The highest BCUT2D eigenvalue weighted by atomic mass is 79.9. The molecular formula is C16H18BrN3S. The van der Waals surface area contributed by atoms with E-state index in [9.17, 15) is 0 Å². The lowest BCUT2D eigenvalue weighted by molar-refractivity contribution is 0.646. The van der Waals surface area contributed by atoms with Crippen molar-refractivity contribution in [1.29, 1.82) is 0 Å². The second-order valence-electron chi connectivity index (χ2n) is 5.24. The predicted octanol–water partition coefficient (Wildman–Crippen LogP) is 4.19. The summed E-state index contributed by atoms with van der Waals surface area (Å²) in [5, 5.41) is 1.22. The van der Waals surface area contributed by atoms with Crippen LogP contribution in [-0.2, 0) is 13.0 Å². The molecule has 0 aromatic carbocycles. The first-order valence-electron chi connectivity index (χ1n) is 7.10. The van der Waals surface area contributed by atoms with E-state index in [1.165, 1.54) is 15.8 Å². The number of halogens is 1. The summed E-state index contributed by atoms with van der Waals surface area (Å²) in [6.07, 6.45) is 5.96. The smallest absolute Gasteiger partial charge is 0.140 e. The summed E-state index contributed by atoms with van der Waals surface area (Å²) in [6, 6.07) is 8.59. The first kappa shape index (κ1) is 14.8. The zero-order valence-corrected chi connectivity index (χ0v) is 14.3. The molecule has 110 valence electrons. The first-order chi connectivity index (χ1) is 10.2. The average molecular weight is 364 g/mol. The monoisotopic (exact) mass is 363 g/mol. The molecule has 1 unspecified atom stereocenters. The molecule has 3 aromatic rings. The Morgan fingerprint density at radius 3 is 2.95 bits per heavy atom. The second kappa shape index (κ2) is 6.30. The minimum absolute atomic E-state index is 0.208. The van der Waals surface area contributed by atoms with Crippen LogP contribution in [0.1, 0.15) is 23.8 Å². The van der Waals surface area contributed by atoms with Crippen LogP contribution in [0, 0.1) is 0 Å². The minimum atomic E-state index is 0.208. The third-order valence-corrected chi connectivity index (χ3v) is 5.29. The SMILES string of the molecule is CCC(N)Cc1cn(Cc2ccc(Br)s2)c2ncccc12. The van der Waals surface area contributed by atoms with Crippen molar-refractivity contribution >= 4 is 38.3 Å². The van der Waals surface area contributed by atoms with Crippen molar-refractivity contribution in [2.75, 3.05) is 0 Å². The van der Waals surface area contributed by atoms with E-state index in [0.29, 0.717) is 0 Å². The maximum atomic E-state index is 6.13. The number of fused-ring (bicyclic) bond motifs is 1. The predicted molar refractivity (Wildman–Crippen MR) is 92.8 cm³/mol. The summed E-state index contributed by atoms with van der Waals surface area (Å²) in [6.45, 7) is 2.98. The number of rotatable bonds is 5. The zero-order valence-electron chi connectivity index (χ0n) is 11.9. The summed E-state index contributed by atoms with van der Waals surface area (Å²) in [7, 11) is 0. The number of hydrogen-bond donors (Lipinski definition) is 1. The van der Waals surface area contributed by atoms with Gasteiger partial charge >= 0.3 is 0 Å². The highest BCUT2D eigenvalue weighted by Crippen LogP contribution is 2.26. The van der Waals surface area contributed by atoms with Crippen molar-refractivity contribution in [3.63, 3.8) is 0 Å². The Kier molecular flexibility index (Phi) is 4.42. The number of hydrogen-bond acceptors (Lipinski definition) is 3. The van der Waals surface area contributed by atoms with Gasteiger partial charge in [-0.3, -0.25) is 0 Å². The Labute approximate surface area is 136 Å². The third-order valence-electron chi connectivity index (χ3n) is 3.68. The first-order valence-corrected chi connectivity index (χ1v) is 8.71. The Balaban J connectivity index is 1.98. The van der Waals surface area contributed by atoms with E-state index >= 15 is 0 Å². The van der Waals surface area contributed by atoms with Gasteiger partial charge in [-0.1, -0.05) is 6.92 Å². The average Bonchev–Trinajstić information content (AvgIpc) is 3.04. The summed E-state index contributed by atoms with van der Waals surface area (Å²) in [5.74, 6) is 0. The molecule has 3 rings (SSSR count). The molecule has 0 saturated carbocycles. The van der Waals surface area contributed by atoms with Crippen LogP contribution in [0.2, 0.25) is 0 Å². The summed E-state index contributed by atoms with van der Waals surface area (Å²) in [4.78, 5) is 5.87. The lowest BCUT2D eigenvalue weighted by atomic mass is 10.1. The molecule has 3 nitrogen and oxygen atoms in total. The third kappa shape index (κ3) is 3.20. The second-order valence-corrected chi connectivity index (χ2v) is 7.78. The van der Waals surface area contributed by atoms with E-state index in [1.807, 2.05) is 12.3 Å².